The van der Waals surface area contributed by atoms with E-state index in [1.165, 1.54) is 22.4 Å². The molecule has 31 heavy (non-hydrogen) atoms. The van der Waals surface area contributed by atoms with E-state index in [2.05, 4.69) is 10.1 Å². The summed E-state index contributed by atoms with van der Waals surface area (Å²) < 4.78 is 5.97. The quantitative estimate of drug-likeness (QED) is 0.334. The van der Waals surface area contributed by atoms with Crippen molar-refractivity contribution in [1.82, 2.24) is 9.66 Å². The van der Waals surface area contributed by atoms with E-state index in [4.69, 9.17) is 4.74 Å². The Morgan fingerprint density at radius 1 is 1.19 bits per heavy atom. The molecule has 12 heteroatoms. The second-order valence-electron chi connectivity index (χ2n) is 7.02. The highest BCUT2D eigenvalue weighted by Crippen LogP contribution is 2.37. The van der Waals surface area contributed by atoms with Gasteiger partial charge >= 0.3 is 11.4 Å². The normalized spacial score (nSPS) is 13.5. The van der Waals surface area contributed by atoms with Crippen LogP contribution in [0.4, 0.5) is 11.4 Å². The van der Waals surface area contributed by atoms with Gasteiger partial charge in [-0.15, -0.1) is 11.3 Å². The van der Waals surface area contributed by atoms with Crippen LogP contribution in [0.3, 0.4) is 0 Å². The Morgan fingerprint density at radius 3 is 2.45 bits per heavy atom. The number of nitro groups is 2. The first-order chi connectivity index (χ1) is 14.8. The molecule has 160 valence electrons. The van der Waals surface area contributed by atoms with E-state index in [1.54, 1.807) is 6.92 Å². The summed E-state index contributed by atoms with van der Waals surface area (Å²) >= 11 is 1.53. The molecule has 1 aliphatic rings. The molecule has 2 aromatic heterocycles. The summed E-state index contributed by atoms with van der Waals surface area (Å²) in [6, 6.07) is 2.21. The molecule has 1 aromatic carbocycles. The van der Waals surface area contributed by atoms with Crippen LogP contribution in [-0.4, -0.2) is 32.8 Å². The van der Waals surface area contributed by atoms with Crippen LogP contribution in [0.15, 0.2) is 22.0 Å². The molecular weight excluding hydrogens is 426 g/mol. The van der Waals surface area contributed by atoms with Crippen molar-refractivity contribution in [3.8, 4) is 5.75 Å². The molecule has 0 N–H and O–H groups in total. The largest absolute Gasteiger partial charge is 0.485 e. The molecule has 0 atom stereocenters. The number of aromatic nitrogens is 2. The van der Waals surface area contributed by atoms with E-state index in [1.807, 2.05) is 0 Å². The summed E-state index contributed by atoms with van der Waals surface area (Å²) in [5.74, 6) is -0.0988. The number of thiophene rings is 1. The number of hydrogen-bond acceptors (Lipinski definition) is 9. The van der Waals surface area contributed by atoms with Crippen LogP contribution in [0, 0.1) is 27.2 Å². The van der Waals surface area contributed by atoms with E-state index < -0.39 is 27.0 Å². The Hall–Kier alpha value is -3.67. The Balaban J connectivity index is 1.84. The number of methoxy groups -OCH3 is 1. The maximum atomic E-state index is 13.1. The van der Waals surface area contributed by atoms with Gasteiger partial charge in [-0.25, -0.2) is 4.98 Å². The minimum atomic E-state index is -0.772. The molecule has 0 spiro atoms. The number of ether oxygens (including phenoxy) is 1. The van der Waals surface area contributed by atoms with Gasteiger partial charge in [0.05, 0.1) is 28.6 Å². The molecule has 4 rings (SSSR count). The van der Waals surface area contributed by atoms with Crippen molar-refractivity contribution in [2.45, 2.75) is 32.6 Å². The van der Waals surface area contributed by atoms with Crippen molar-refractivity contribution in [3.63, 3.8) is 0 Å². The summed E-state index contributed by atoms with van der Waals surface area (Å²) in [6.45, 7) is 1.63. The molecule has 3 aromatic rings. The Kier molecular flexibility index (Phi) is 5.23. The average molecular weight is 443 g/mol. The van der Waals surface area contributed by atoms with Crippen molar-refractivity contribution in [1.29, 1.82) is 0 Å². The number of fused-ring (bicyclic) bond motifs is 3. The number of hydrogen-bond donors (Lipinski definition) is 0. The lowest BCUT2D eigenvalue weighted by Gasteiger charge is -2.10. The number of nitrogens with zero attached hydrogens (tertiary/aromatic N) is 5. The summed E-state index contributed by atoms with van der Waals surface area (Å²) in [7, 11) is 1.12. The van der Waals surface area contributed by atoms with Crippen LogP contribution in [-0.2, 0) is 12.8 Å². The van der Waals surface area contributed by atoms with Crippen molar-refractivity contribution in [2.75, 3.05) is 7.11 Å². The Labute approximate surface area is 178 Å². The van der Waals surface area contributed by atoms with Crippen molar-refractivity contribution in [3.05, 3.63) is 64.5 Å². The lowest BCUT2D eigenvalue weighted by molar-refractivity contribution is -0.395. The van der Waals surface area contributed by atoms with E-state index in [-0.39, 0.29) is 11.1 Å². The standard InChI is InChI=1S/C19H17N5O6S/c1-10-21-18-16(12-5-3-4-6-15(12)31-18)19(25)22(10)20-9-11-7-13(23(26)27)17(30-2)14(8-11)24(28)29/h7-9H,3-6H2,1-2H3/b20-9-. The predicted octanol–water partition coefficient (Wildman–Crippen LogP) is 3.35. The summed E-state index contributed by atoms with van der Waals surface area (Å²) in [5.41, 5.74) is -0.359. The smallest absolute Gasteiger partial charge is 0.318 e. The van der Waals surface area contributed by atoms with E-state index in [0.29, 0.717) is 16.0 Å². The van der Waals surface area contributed by atoms with E-state index in [9.17, 15) is 25.0 Å². The Morgan fingerprint density at radius 2 is 1.84 bits per heavy atom. The number of aryl methyl sites for hydroxylation is 3. The first-order valence-corrected chi connectivity index (χ1v) is 10.2. The van der Waals surface area contributed by atoms with Gasteiger partial charge in [0.2, 0.25) is 0 Å². The zero-order valence-corrected chi connectivity index (χ0v) is 17.5. The zero-order valence-electron chi connectivity index (χ0n) is 16.7. The van der Waals surface area contributed by atoms with Crippen LogP contribution < -0.4 is 10.3 Å². The predicted molar refractivity (Wildman–Crippen MR) is 115 cm³/mol. The fourth-order valence-corrected chi connectivity index (χ4v) is 5.03. The molecule has 1 aliphatic carbocycles. The second kappa shape index (κ2) is 7.87. The highest BCUT2D eigenvalue weighted by molar-refractivity contribution is 7.18. The number of rotatable bonds is 5. The third kappa shape index (κ3) is 3.54. The van der Waals surface area contributed by atoms with Gasteiger partial charge in [0.25, 0.3) is 11.3 Å². The minimum Gasteiger partial charge on any atom is -0.485 e. The second-order valence-corrected chi connectivity index (χ2v) is 8.10. The van der Waals surface area contributed by atoms with Crippen LogP contribution >= 0.6 is 11.3 Å². The first-order valence-electron chi connectivity index (χ1n) is 9.41. The van der Waals surface area contributed by atoms with Crippen LogP contribution in [0.25, 0.3) is 10.2 Å². The van der Waals surface area contributed by atoms with Crippen LogP contribution in [0.1, 0.15) is 34.7 Å². The monoisotopic (exact) mass is 443 g/mol. The van der Waals surface area contributed by atoms with Gasteiger partial charge in [-0.3, -0.25) is 25.0 Å². The number of benzene rings is 1. The van der Waals surface area contributed by atoms with Gasteiger partial charge in [0, 0.05) is 22.6 Å². The number of nitro benzene ring substituents is 2. The van der Waals surface area contributed by atoms with Gasteiger partial charge in [-0.05, 0) is 38.2 Å². The molecule has 0 bridgehead atoms. The molecule has 0 aliphatic heterocycles. The van der Waals surface area contributed by atoms with Gasteiger partial charge < -0.3 is 4.74 Å². The average Bonchev–Trinajstić information content (AvgIpc) is 3.10. The topological polar surface area (TPSA) is 143 Å². The lowest BCUT2D eigenvalue weighted by Crippen LogP contribution is -2.21. The summed E-state index contributed by atoms with van der Waals surface area (Å²) in [4.78, 5) is 40.6. The molecule has 2 heterocycles. The first kappa shape index (κ1) is 20.6. The van der Waals surface area contributed by atoms with Gasteiger partial charge in [-0.2, -0.15) is 9.78 Å². The lowest BCUT2D eigenvalue weighted by atomic mass is 9.97. The minimum absolute atomic E-state index is 0.0814. The van der Waals surface area contributed by atoms with E-state index in [0.717, 1.165) is 55.2 Å². The zero-order chi connectivity index (χ0) is 22.3. The molecule has 0 amide bonds. The molecule has 0 radical (unpaired) electrons. The maximum Gasteiger partial charge on any atom is 0.318 e. The molecule has 0 saturated carbocycles. The van der Waals surface area contributed by atoms with Crippen molar-refractivity contribution in [2.24, 2.45) is 5.10 Å². The fourth-order valence-electron chi connectivity index (χ4n) is 3.73. The maximum absolute atomic E-state index is 13.1. The fraction of sp³-hybridized carbons (Fsp3) is 0.316. The summed E-state index contributed by atoms with van der Waals surface area (Å²) in [5, 5.41) is 27.4. The third-order valence-electron chi connectivity index (χ3n) is 5.12. The van der Waals surface area contributed by atoms with Gasteiger partial charge in [0.1, 0.15) is 10.7 Å². The SMILES string of the molecule is COc1c([N+](=O)[O-])cc(/C=N\n2c(C)nc3sc4c(c3c2=O)CCCC4)cc1[N+](=O)[O-]. The van der Waals surface area contributed by atoms with Crippen LogP contribution in [0.5, 0.6) is 5.75 Å². The third-order valence-corrected chi connectivity index (χ3v) is 6.31. The van der Waals surface area contributed by atoms with Crippen molar-refractivity contribution >= 4 is 39.1 Å². The van der Waals surface area contributed by atoms with Crippen LogP contribution in [0.2, 0.25) is 0 Å². The Bertz CT molecular complexity index is 1290. The van der Waals surface area contributed by atoms with E-state index >= 15 is 0 Å². The highest BCUT2D eigenvalue weighted by Gasteiger charge is 2.27. The molecule has 11 nitrogen and oxygen atoms in total. The van der Waals surface area contributed by atoms with Gasteiger partial charge in [0.15, 0.2) is 0 Å². The molecule has 0 fully saturated rings. The van der Waals surface area contributed by atoms with Crippen molar-refractivity contribution < 1.29 is 14.6 Å². The summed E-state index contributed by atoms with van der Waals surface area (Å²) in [6.07, 6.45) is 5.00. The highest BCUT2D eigenvalue weighted by atomic mass is 32.1. The van der Waals surface area contributed by atoms with Gasteiger partial charge in [-0.1, -0.05) is 0 Å². The molecular formula is C19H17N5O6S. The molecule has 0 unspecified atom stereocenters. The molecule has 0 saturated heterocycles.